The molecular weight excluding hydrogens is 246 g/mol. The minimum Gasteiger partial charge on any atom is -0.492 e. The molecule has 0 radical (unpaired) electrons. The van der Waals surface area contributed by atoms with Gasteiger partial charge in [0.05, 0.1) is 11.6 Å². The van der Waals surface area contributed by atoms with Crippen LogP contribution in [0.15, 0.2) is 18.2 Å². The molecule has 18 heavy (non-hydrogen) atoms. The monoisotopic (exact) mass is 269 g/mol. The van der Waals surface area contributed by atoms with E-state index in [0.29, 0.717) is 24.1 Å². The molecule has 3 heteroatoms. The van der Waals surface area contributed by atoms with Crippen LogP contribution in [-0.4, -0.2) is 13.2 Å². The van der Waals surface area contributed by atoms with Crippen molar-refractivity contribution in [1.82, 2.24) is 0 Å². The fourth-order valence-electron chi connectivity index (χ4n) is 2.27. The number of ether oxygens (including phenoxy) is 1. The molecule has 1 unspecified atom stereocenters. The molecule has 0 spiro atoms. The summed E-state index contributed by atoms with van der Waals surface area (Å²) in [5.41, 5.74) is 7.14. The fraction of sp³-hybridized carbons (Fsp3) is 0.600. The van der Waals surface area contributed by atoms with Crippen molar-refractivity contribution in [2.45, 2.75) is 40.0 Å². The molecule has 0 saturated carbocycles. The molecule has 2 nitrogen and oxygen atoms in total. The molecule has 0 bridgehead atoms. The Hall–Kier alpha value is -0.730. The van der Waals surface area contributed by atoms with E-state index in [9.17, 15) is 0 Å². The predicted octanol–water partition coefficient (Wildman–Crippen LogP) is 4.22. The predicted molar refractivity (Wildman–Crippen MR) is 78.5 cm³/mol. The van der Waals surface area contributed by atoms with Gasteiger partial charge >= 0.3 is 0 Å². The number of nitrogens with two attached hydrogens (primary N) is 1. The van der Waals surface area contributed by atoms with E-state index in [2.05, 4.69) is 26.8 Å². The molecule has 0 aromatic heterocycles. The van der Waals surface area contributed by atoms with E-state index in [1.165, 1.54) is 5.56 Å². The Morgan fingerprint density at radius 3 is 2.44 bits per heavy atom. The highest BCUT2D eigenvalue weighted by atomic mass is 35.5. The van der Waals surface area contributed by atoms with Crippen molar-refractivity contribution < 1.29 is 4.74 Å². The third kappa shape index (κ3) is 3.89. The highest BCUT2D eigenvalue weighted by Crippen LogP contribution is 2.39. The van der Waals surface area contributed by atoms with Crippen molar-refractivity contribution in [3.63, 3.8) is 0 Å². The van der Waals surface area contributed by atoms with Gasteiger partial charge in [0.2, 0.25) is 0 Å². The molecule has 1 aromatic carbocycles. The Balaban J connectivity index is 3.03. The zero-order valence-electron chi connectivity index (χ0n) is 11.8. The maximum atomic E-state index is 6.25. The van der Waals surface area contributed by atoms with Crippen LogP contribution in [-0.2, 0) is 0 Å². The highest BCUT2D eigenvalue weighted by molar-refractivity contribution is 6.32. The van der Waals surface area contributed by atoms with Crippen molar-refractivity contribution in [3.05, 3.63) is 28.8 Å². The summed E-state index contributed by atoms with van der Waals surface area (Å²) in [5.74, 6) is 1.17. The van der Waals surface area contributed by atoms with Crippen LogP contribution in [0.4, 0.5) is 0 Å². The van der Waals surface area contributed by atoms with Gasteiger partial charge in [0.1, 0.15) is 5.75 Å². The smallest absolute Gasteiger partial charge is 0.137 e. The van der Waals surface area contributed by atoms with Crippen molar-refractivity contribution in [2.75, 3.05) is 13.2 Å². The first-order chi connectivity index (χ1) is 8.40. The SMILES string of the molecule is CCOc1ccc(C(CCN)C(C)(C)C)cc1Cl. The summed E-state index contributed by atoms with van der Waals surface area (Å²) in [5, 5.41) is 0.681. The maximum absolute atomic E-state index is 6.25. The Labute approximate surface area is 115 Å². The fourth-order valence-corrected chi connectivity index (χ4v) is 2.52. The number of hydrogen-bond donors (Lipinski definition) is 1. The molecule has 0 saturated heterocycles. The zero-order chi connectivity index (χ0) is 13.8. The second-order valence-electron chi connectivity index (χ2n) is 5.62. The lowest BCUT2D eigenvalue weighted by Crippen LogP contribution is -2.21. The van der Waals surface area contributed by atoms with Crippen molar-refractivity contribution in [3.8, 4) is 5.75 Å². The summed E-state index contributed by atoms with van der Waals surface area (Å²) in [6, 6.07) is 6.07. The van der Waals surface area contributed by atoms with Crippen molar-refractivity contribution >= 4 is 11.6 Å². The molecule has 1 rings (SSSR count). The zero-order valence-corrected chi connectivity index (χ0v) is 12.6. The average Bonchev–Trinajstić information content (AvgIpc) is 2.27. The molecule has 2 N–H and O–H groups in total. The molecule has 1 aromatic rings. The standard InChI is InChI=1S/C15H24ClNO/c1-5-18-14-7-6-11(10-13(14)16)12(8-9-17)15(2,3)4/h6-7,10,12H,5,8-9,17H2,1-4H3. The molecule has 0 amide bonds. The number of rotatable bonds is 5. The topological polar surface area (TPSA) is 35.2 Å². The Kier molecular flexibility index (Phi) is 5.48. The summed E-state index contributed by atoms with van der Waals surface area (Å²) < 4.78 is 5.46. The number of hydrogen-bond acceptors (Lipinski definition) is 2. The molecule has 102 valence electrons. The van der Waals surface area contributed by atoms with Crippen LogP contribution < -0.4 is 10.5 Å². The largest absolute Gasteiger partial charge is 0.492 e. The third-order valence-corrected chi connectivity index (χ3v) is 3.45. The van der Waals surface area contributed by atoms with Crippen LogP contribution in [0, 0.1) is 5.41 Å². The molecule has 0 fully saturated rings. The highest BCUT2D eigenvalue weighted by Gasteiger charge is 2.26. The summed E-state index contributed by atoms with van der Waals surface area (Å²) >= 11 is 6.25. The Morgan fingerprint density at radius 1 is 1.33 bits per heavy atom. The van der Waals surface area contributed by atoms with E-state index < -0.39 is 0 Å². The molecule has 0 heterocycles. The molecule has 1 atom stereocenters. The minimum atomic E-state index is 0.176. The van der Waals surface area contributed by atoms with Gasteiger partial charge in [-0.05, 0) is 48.9 Å². The van der Waals surface area contributed by atoms with Crippen LogP contribution in [0.1, 0.15) is 45.6 Å². The van der Waals surface area contributed by atoms with E-state index in [1.54, 1.807) is 0 Å². The van der Waals surface area contributed by atoms with Gasteiger partial charge in [0, 0.05) is 0 Å². The third-order valence-electron chi connectivity index (χ3n) is 3.16. The quantitative estimate of drug-likeness (QED) is 0.869. The van der Waals surface area contributed by atoms with E-state index >= 15 is 0 Å². The van der Waals surface area contributed by atoms with Gasteiger partial charge in [-0.2, -0.15) is 0 Å². The summed E-state index contributed by atoms with van der Waals surface area (Å²) in [6.07, 6.45) is 0.966. The summed E-state index contributed by atoms with van der Waals surface area (Å²) in [7, 11) is 0. The van der Waals surface area contributed by atoms with Gasteiger partial charge in [0.15, 0.2) is 0 Å². The summed E-state index contributed by atoms with van der Waals surface area (Å²) in [6.45, 7) is 9.97. The van der Waals surface area contributed by atoms with Gasteiger partial charge in [-0.3, -0.25) is 0 Å². The van der Waals surface area contributed by atoms with Crippen molar-refractivity contribution in [1.29, 1.82) is 0 Å². The van der Waals surface area contributed by atoms with E-state index in [4.69, 9.17) is 22.1 Å². The lowest BCUT2D eigenvalue weighted by atomic mass is 9.74. The van der Waals surface area contributed by atoms with E-state index in [-0.39, 0.29) is 5.41 Å². The second-order valence-corrected chi connectivity index (χ2v) is 6.03. The molecule has 0 aliphatic rings. The number of halogens is 1. The molecule has 0 aliphatic heterocycles. The normalized spacial score (nSPS) is 13.4. The van der Waals surface area contributed by atoms with Crippen LogP contribution in [0.5, 0.6) is 5.75 Å². The maximum Gasteiger partial charge on any atom is 0.137 e. The lowest BCUT2D eigenvalue weighted by molar-refractivity contribution is 0.306. The van der Waals surface area contributed by atoms with Gasteiger partial charge in [-0.25, -0.2) is 0 Å². The minimum absolute atomic E-state index is 0.176. The first-order valence-electron chi connectivity index (χ1n) is 6.52. The van der Waals surface area contributed by atoms with Gasteiger partial charge in [0.25, 0.3) is 0 Å². The first kappa shape index (κ1) is 15.3. The Bertz CT molecular complexity index is 385. The summed E-state index contributed by atoms with van der Waals surface area (Å²) in [4.78, 5) is 0. The lowest BCUT2D eigenvalue weighted by Gasteiger charge is -2.31. The van der Waals surface area contributed by atoms with Crippen LogP contribution in [0.2, 0.25) is 5.02 Å². The Morgan fingerprint density at radius 2 is 2.00 bits per heavy atom. The first-order valence-corrected chi connectivity index (χ1v) is 6.90. The van der Waals surface area contributed by atoms with Crippen LogP contribution in [0.3, 0.4) is 0 Å². The molecule has 0 aliphatic carbocycles. The molecular formula is C15H24ClNO. The van der Waals surface area contributed by atoms with E-state index in [0.717, 1.165) is 12.2 Å². The van der Waals surface area contributed by atoms with Crippen LogP contribution >= 0.6 is 11.6 Å². The van der Waals surface area contributed by atoms with Crippen LogP contribution in [0.25, 0.3) is 0 Å². The van der Waals surface area contributed by atoms with Gasteiger partial charge < -0.3 is 10.5 Å². The average molecular weight is 270 g/mol. The second kappa shape index (κ2) is 6.44. The van der Waals surface area contributed by atoms with Crippen molar-refractivity contribution in [2.24, 2.45) is 11.1 Å². The number of benzene rings is 1. The van der Waals surface area contributed by atoms with Gasteiger partial charge in [-0.15, -0.1) is 0 Å². The van der Waals surface area contributed by atoms with Gasteiger partial charge in [-0.1, -0.05) is 38.4 Å². The van der Waals surface area contributed by atoms with E-state index in [1.807, 2.05) is 19.1 Å².